The molecule has 4 nitrogen and oxygen atoms in total. The first kappa shape index (κ1) is 14.0. The molecular formula is C13H24N2O2. The van der Waals surface area contributed by atoms with Gasteiger partial charge in [-0.25, -0.2) is 0 Å². The molecule has 0 aliphatic carbocycles. The van der Waals surface area contributed by atoms with Crippen molar-refractivity contribution in [2.45, 2.75) is 39.5 Å². The molecule has 0 saturated carbocycles. The van der Waals surface area contributed by atoms with Crippen LogP contribution in [0.25, 0.3) is 0 Å². The second-order valence-electron chi connectivity index (χ2n) is 4.79. The maximum atomic E-state index is 12.1. The van der Waals surface area contributed by atoms with E-state index in [-0.39, 0.29) is 17.7 Å². The van der Waals surface area contributed by atoms with Crippen LogP contribution < -0.4 is 0 Å². The normalized spacial score (nSPS) is 20.2. The molecule has 1 heterocycles. The number of rotatable bonds is 4. The molecule has 1 atom stereocenters. The first-order chi connectivity index (χ1) is 8.10. The summed E-state index contributed by atoms with van der Waals surface area (Å²) in [4.78, 5) is 27.4. The van der Waals surface area contributed by atoms with Gasteiger partial charge in [-0.1, -0.05) is 13.8 Å². The Morgan fingerprint density at radius 1 is 1.35 bits per heavy atom. The number of piperidine rings is 1. The molecule has 0 radical (unpaired) electrons. The number of nitrogens with zero attached hydrogens (tertiary/aromatic N) is 2. The van der Waals surface area contributed by atoms with Crippen molar-refractivity contribution in [1.29, 1.82) is 0 Å². The molecule has 1 unspecified atom stereocenters. The van der Waals surface area contributed by atoms with Crippen LogP contribution in [0.4, 0.5) is 0 Å². The molecule has 98 valence electrons. The van der Waals surface area contributed by atoms with Gasteiger partial charge in [0.25, 0.3) is 0 Å². The number of hydrogen-bond acceptors (Lipinski definition) is 2. The van der Waals surface area contributed by atoms with Crippen molar-refractivity contribution in [1.82, 2.24) is 9.80 Å². The average Bonchev–Trinajstić information content (AvgIpc) is 2.37. The van der Waals surface area contributed by atoms with Crippen molar-refractivity contribution in [2.75, 3.05) is 26.7 Å². The first-order valence-corrected chi connectivity index (χ1v) is 6.62. The molecule has 1 saturated heterocycles. The van der Waals surface area contributed by atoms with E-state index in [0.717, 1.165) is 32.4 Å². The molecule has 1 fully saturated rings. The molecule has 1 rings (SSSR count). The molecule has 0 N–H and O–H groups in total. The van der Waals surface area contributed by atoms with Crippen molar-refractivity contribution in [2.24, 2.45) is 5.92 Å². The fraction of sp³-hybridized carbons (Fsp3) is 0.846. The molecule has 1 aliphatic heterocycles. The summed E-state index contributed by atoms with van der Waals surface area (Å²) in [6, 6.07) is 0. The Bertz CT molecular complexity index is 279. The van der Waals surface area contributed by atoms with Gasteiger partial charge in [0.05, 0.1) is 5.92 Å². The lowest BCUT2D eigenvalue weighted by Crippen LogP contribution is -2.45. The molecule has 17 heavy (non-hydrogen) atoms. The van der Waals surface area contributed by atoms with E-state index in [1.165, 1.54) is 0 Å². The molecule has 0 aromatic rings. The van der Waals surface area contributed by atoms with Crippen molar-refractivity contribution in [3.63, 3.8) is 0 Å². The topological polar surface area (TPSA) is 40.6 Å². The highest BCUT2D eigenvalue weighted by atomic mass is 16.2. The summed E-state index contributed by atoms with van der Waals surface area (Å²) in [5.41, 5.74) is 0. The monoisotopic (exact) mass is 240 g/mol. The van der Waals surface area contributed by atoms with Crippen LogP contribution in [0, 0.1) is 5.92 Å². The molecule has 0 aromatic heterocycles. The van der Waals surface area contributed by atoms with E-state index < -0.39 is 0 Å². The predicted octanol–water partition coefficient (Wildman–Crippen LogP) is 1.50. The van der Waals surface area contributed by atoms with Crippen LogP contribution >= 0.6 is 0 Å². The Balaban J connectivity index is 2.54. The summed E-state index contributed by atoms with van der Waals surface area (Å²) in [7, 11) is 1.85. The van der Waals surface area contributed by atoms with E-state index in [9.17, 15) is 9.59 Å². The van der Waals surface area contributed by atoms with Gasteiger partial charge in [0, 0.05) is 33.1 Å². The van der Waals surface area contributed by atoms with Crippen LogP contribution in [0.1, 0.15) is 39.5 Å². The summed E-state index contributed by atoms with van der Waals surface area (Å²) in [6.07, 6.45) is 3.38. The maximum absolute atomic E-state index is 12.1. The third-order valence-electron chi connectivity index (χ3n) is 3.36. The van der Waals surface area contributed by atoms with E-state index >= 15 is 0 Å². The average molecular weight is 240 g/mol. The Morgan fingerprint density at radius 2 is 2.06 bits per heavy atom. The summed E-state index contributed by atoms with van der Waals surface area (Å²) < 4.78 is 0. The van der Waals surface area contributed by atoms with Gasteiger partial charge in [-0.3, -0.25) is 9.59 Å². The molecule has 0 aromatic carbocycles. The summed E-state index contributed by atoms with van der Waals surface area (Å²) in [6.45, 7) is 6.17. The second kappa shape index (κ2) is 6.62. The Hall–Kier alpha value is -1.06. The maximum Gasteiger partial charge on any atom is 0.227 e. The Morgan fingerprint density at radius 3 is 2.65 bits per heavy atom. The highest BCUT2D eigenvalue weighted by Crippen LogP contribution is 2.19. The van der Waals surface area contributed by atoms with Crippen molar-refractivity contribution >= 4 is 11.8 Å². The van der Waals surface area contributed by atoms with Crippen molar-refractivity contribution < 1.29 is 9.59 Å². The Kier molecular flexibility index (Phi) is 5.45. The SMILES string of the molecule is CCCN(C)C(=O)C1CCCN(C(=O)CC)C1. The second-order valence-corrected chi connectivity index (χ2v) is 4.79. The van der Waals surface area contributed by atoms with Crippen molar-refractivity contribution in [3.05, 3.63) is 0 Å². The molecule has 4 heteroatoms. The zero-order valence-corrected chi connectivity index (χ0v) is 11.2. The van der Waals surface area contributed by atoms with Gasteiger partial charge in [0.2, 0.25) is 11.8 Å². The van der Waals surface area contributed by atoms with Gasteiger partial charge in [-0.2, -0.15) is 0 Å². The van der Waals surface area contributed by atoms with Crippen LogP contribution in [0.3, 0.4) is 0 Å². The largest absolute Gasteiger partial charge is 0.345 e. The lowest BCUT2D eigenvalue weighted by atomic mass is 9.96. The molecule has 2 amide bonds. The van der Waals surface area contributed by atoms with E-state index in [2.05, 4.69) is 6.92 Å². The number of hydrogen-bond donors (Lipinski definition) is 0. The van der Waals surface area contributed by atoms with Crippen LogP contribution in [0.5, 0.6) is 0 Å². The molecule has 0 bridgehead atoms. The number of likely N-dealkylation sites (tertiary alicyclic amines) is 1. The van der Waals surface area contributed by atoms with Gasteiger partial charge >= 0.3 is 0 Å². The van der Waals surface area contributed by atoms with Crippen LogP contribution in [-0.2, 0) is 9.59 Å². The molecule has 1 aliphatic rings. The summed E-state index contributed by atoms with van der Waals surface area (Å²) in [5.74, 6) is 0.372. The summed E-state index contributed by atoms with van der Waals surface area (Å²) >= 11 is 0. The highest BCUT2D eigenvalue weighted by Gasteiger charge is 2.29. The van der Waals surface area contributed by atoms with E-state index in [0.29, 0.717) is 13.0 Å². The van der Waals surface area contributed by atoms with Gasteiger partial charge in [-0.05, 0) is 19.3 Å². The smallest absolute Gasteiger partial charge is 0.227 e. The lowest BCUT2D eigenvalue weighted by Gasteiger charge is -2.33. The predicted molar refractivity (Wildman–Crippen MR) is 67.5 cm³/mol. The molecule has 0 spiro atoms. The fourth-order valence-electron chi connectivity index (χ4n) is 2.39. The third kappa shape index (κ3) is 3.72. The van der Waals surface area contributed by atoms with Gasteiger partial charge in [0.1, 0.15) is 0 Å². The highest BCUT2D eigenvalue weighted by molar-refractivity contribution is 5.81. The quantitative estimate of drug-likeness (QED) is 0.747. The minimum atomic E-state index is 0.01000. The van der Waals surface area contributed by atoms with E-state index in [1.807, 2.05) is 18.9 Å². The lowest BCUT2D eigenvalue weighted by molar-refractivity contribution is -0.139. The van der Waals surface area contributed by atoms with Crippen LogP contribution in [-0.4, -0.2) is 48.3 Å². The van der Waals surface area contributed by atoms with Crippen LogP contribution in [0.2, 0.25) is 0 Å². The standard InChI is InChI=1S/C13H24N2O2/c1-4-8-14(3)13(17)11-7-6-9-15(10-11)12(16)5-2/h11H,4-10H2,1-3H3. The van der Waals surface area contributed by atoms with Crippen molar-refractivity contribution in [3.8, 4) is 0 Å². The summed E-state index contributed by atoms with van der Waals surface area (Å²) in [5, 5.41) is 0. The fourth-order valence-corrected chi connectivity index (χ4v) is 2.39. The number of carbonyl (C=O) groups excluding carboxylic acids is 2. The van der Waals surface area contributed by atoms with Gasteiger partial charge in [-0.15, -0.1) is 0 Å². The van der Waals surface area contributed by atoms with E-state index in [4.69, 9.17) is 0 Å². The van der Waals surface area contributed by atoms with Gasteiger partial charge in [0.15, 0.2) is 0 Å². The number of carbonyl (C=O) groups is 2. The Labute approximate surface area is 104 Å². The zero-order chi connectivity index (χ0) is 12.8. The number of amides is 2. The third-order valence-corrected chi connectivity index (χ3v) is 3.36. The van der Waals surface area contributed by atoms with E-state index in [1.54, 1.807) is 4.90 Å². The zero-order valence-electron chi connectivity index (χ0n) is 11.2. The first-order valence-electron chi connectivity index (χ1n) is 6.62. The minimum Gasteiger partial charge on any atom is -0.345 e. The molecular weight excluding hydrogens is 216 g/mol. The van der Waals surface area contributed by atoms with Crippen LogP contribution in [0.15, 0.2) is 0 Å². The minimum absolute atomic E-state index is 0.01000. The van der Waals surface area contributed by atoms with Gasteiger partial charge < -0.3 is 9.80 Å².